The predicted octanol–water partition coefficient (Wildman–Crippen LogP) is 3.94. The number of carbonyl (C=O) groups excluding carboxylic acids is 4. The largest absolute Gasteiger partial charge is 0.504 e. The predicted molar refractivity (Wildman–Crippen MR) is 142 cm³/mol. The van der Waals surface area contributed by atoms with Crippen molar-refractivity contribution in [1.29, 1.82) is 0 Å². The third-order valence-corrected chi connectivity index (χ3v) is 8.40. The highest BCUT2D eigenvalue weighted by atomic mass is 16.6. The molecule has 6 rings (SSSR count). The highest BCUT2D eigenvalue weighted by Crippen LogP contribution is 2.56. The van der Waals surface area contributed by atoms with Crippen LogP contribution in [-0.2, 0) is 19.2 Å². The number of aromatic hydroxyl groups is 1. The van der Waals surface area contributed by atoms with Crippen molar-refractivity contribution >= 4 is 34.8 Å². The molecule has 1 heterocycles. The van der Waals surface area contributed by atoms with E-state index in [1.165, 1.54) is 43.5 Å². The van der Waals surface area contributed by atoms with Crippen LogP contribution in [0.25, 0.3) is 0 Å². The molecule has 2 amide bonds. The van der Waals surface area contributed by atoms with Crippen LogP contribution in [0.4, 0.5) is 11.4 Å². The first-order valence-corrected chi connectivity index (χ1v) is 12.8. The summed E-state index contributed by atoms with van der Waals surface area (Å²) in [5.41, 5.74) is 2.10. The van der Waals surface area contributed by atoms with Gasteiger partial charge in [-0.05, 0) is 55.5 Å². The number of anilines is 1. The molecule has 4 atom stereocenters. The maximum atomic E-state index is 13.9. The topological polar surface area (TPSA) is 144 Å². The van der Waals surface area contributed by atoms with Crippen molar-refractivity contribution < 1.29 is 33.9 Å². The van der Waals surface area contributed by atoms with E-state index in [1.807, 2.05) is 6.08 Å². The molecule has 0 spiro atoms. The molecule has 1 aliphatic heterocycles. The van der Waals surface area contributed by atoms with Crippen LogP contribution in [-0.4, -0.2) is 40.5 Å². The molecule has 0 unspecified atom stereocenters. The molecule has 3 aliphatic carbocycles. The minimum absolute atomic E-state index is 0.108. The van der Waals surface area contributed by atoms with Gasteiger partial charge in [-0.3, -0.25) is 29.3 Å². The zero-order valence-corrected chi connectivity index (χ0v) is 21.6. The zero-order chi connectivity index (χ0) is 28.5. The third kappa shape index (κ3) is 3.63. The van der Waals surface area contributed by atoms with Crippen molar-refractivity contribution in [2.75, 3.05) is 12.0 Å². The smallest absolute Gasteiger partial charge is 0.271 e. The lowest BCUT2D eigenvalue weighted by Crippen LogP contribution is -2.39. The van der Waals surface area contributed by atoms with Crippen LogP contribution >= 0.6 is 0 Å². The molecular weight excluding hydrogens is 516 g/mol. The fourth-order valence-electron chi connectivity index (χ4n) is 6.63. The van der Waals surface area contributed by atoms with Crippen molar-refractivity contribution in [2.45, 2.75) is 25.7 Å². The number of nitro groups is 1. The molecule has 40 heavy (non-hydrogen) atoms. The monoisotopic (exact) mass is 540 g/mol. The van der Waals surface area contributed by atoms with E-state index >= 15 is 0 Å². The maximum absolute atomic E-state index is 13.9. The van der Waals surface area contributed by atoms with Crippen LogP contribution in [0.15, 0.2) is 76.9 Å². The average Bonchev–Trinajstić information content (AvgIpc) is 3.20. The van der Waals surface area contributed by atoms with Gasteiger partial charge in [-0.1, -0.05) is 23.8 Å². The number of non-ortho nitro benzene ring substituents is 1. The van der Waals surface area contributed by atoms with Gasteiger partial charge >= 0.3 is 0 Å². The van der Waals surface area contributed by atoms with E-state index in [0.29, 0.717) is 22.3 Å². The van der Waals surface area contributed by atoms with Crippen molar-refractivity contribution in [3.8, 4) is 11.5 Å². The van der Waals surface area contributed by atoms with Gasteiger partial charge in [0.2, 0.25) is 11.8 Å². The second-order valence-corrected chi connectivity index (χ2v) is 10.4. The fourth-order valence-corrected chi connectivity index (χ4v) is 6.63. The first-order valence-electron chi connectivity index (χ1n) is 12.8. The summed E-state index contributed by atoms with van der Waals surface area (Å²) in [6.07, 6.45) is 3.51. The lowest BCUT2D eigenvalue weighted by atomic mass is 9.59. The van der Waals surface area contributed by atoms with Crippen LogP contribution in [0.2, 0.25) is 0 Å². The minimum Gasteiger partial charge on any atom is -0.504 e. The first-order chi connectivity index (χ1) is 19.1. The van der Waals surface area contributed by atoms with E-state index in [4.69, 9.17) is 4.74 Å². The third-order valence-electron chi connectivity index (χ3n) is 8.40. The molecule has 2 aromatic rings. The highest BCUT2D eigenvalue weighted by Gasteiger charge is 2.56. The number of rotatable bonds is 4. The Morgan fingerprint density at radius 2 is 1.82 bits per heavy atom. The molecule has 1 saturated heterocycles. The summed E-state index contributed by atoms with van der Waals surface area (Å²) in [6.45, 7) is 1.58. The van der Waals surface area contributed by atoms with Gasteiger partial charge in [0.15, 0.2) is 23.1 Å². The number of benzene rings is 2. The number of nitrogens with zero attached hydrogens (tertiary/aromatic N) is 2. The molecular formula is C30H24N2O8. The number of fused-ring (bicyclic) bond motifs is 3. The molecule has 0 saturated carbocycles. The van der Waals surface area contributed by atoms with Crippen molar-refractivity contribution in [1.82, 2.24) is 0 Å². The molecule has 202 valence electrons. The Kier molecular flexibility index (Phi) is 5.79. The van der Waals surface area contributed by atoms with E-state index in [2.05, 4.69) is 0 Å². The van der Waals surface area contributed by atoms with Crippen LogP contribution < -0.4 is 9.64 Å². The molecule has 2 aromatic carbocycles. The molecule has 0 bridgehead atoms. The maximum Gasteiger partial charge on any atom is 0.271 e. The van der Waals surface area contributed by atoms with Gasteiger partial charge in [-0.2, -0.15) is 0 Å². The number of allylic oxidation sites excluding steroid dienone is 6. The summed E-state index contributed by atoms with van der Waals surface area (Å²) in [6, 6.07) is 10.2. The van der Waals surface area contributed by atoms with Gasteiger partial charge in [0.05, 0.1) is 29.6 Å². The summed E-state index contributed by atoms with van der Waals surface area (Å²) in [7, 11) is 1.42. The average molecular weight is 541 g/mol. The van der Waals surface area contributed by atoms with E-state index in [9.17, 15) is 34.4 Å². The Morgan fingerprint density at radius 1 is 1.05 bits per heavy atom. The number of imide groups is 1. The lowest BCUT2D eigenvalue weighted by molar-refractivity contribution is -0.384. The summed E-state index contributed by atoms with van der Waals surface area (Å²) < 4.78 is 5.18. The second-order valence-electron chi connectivity index (χ2n) is 10.4. The number of phenolic OH excluding ortho intramolecular Hbond substituents is 1. The SMILES string of the molecule is COc1ccc([C@H]2C3=CC[C@@H]4C(=O)N(c5cccc([N+](=O)[O-])c5)C(=O)[C@@H]4[C@@H]3CC3=C2C(=O)C(C)=CC3=O)cc1O. The zero-order valence-electron chi connectivity index (χ0n) is 21.6. The number of hydrogen-bond acceptors (Lipinski definition) is 8. The number of ether oxygens (including phenoxy) is 1. The Bertz CT molecular complexity index is 1650. The number of nitro benzene ring substituents is 1. The number of methoxy groups -OCH3 is 1. The van der Waals surface area contributed by atoms with E-state index in [0.717, 1.165) is 10.5 Å². The van der Waals surface area contributed by atoms with Crippen molar-refractivity contribution in [3.63, 3.8) is 0 Å². The minimum atomic E-state index is -0.815. The molecule has 0 radical (unpaired) electrons. The number of hydrogen-bond donors (Lipinski definition) is 1. The van der Waals surface area contributed by atoms with Gasteiger partial charge in [0, 0.05) is 34.8 Å². The Hall–Kier alpha value is -4.86. The van der Waals surface area contributed by atoms with Gasteiger partial charge < -0.3 is 9.84 Å². The van der Waals surface area contributed by atoms with Gasteiger partial charge in [0.25, 0.3) is 5.69 Å². The highest BCUT2D eigenvalue weighted by molar-refractivity contribution is 6.25. The number of ketones is 2. The Balaban J connectivity index is 1.47. The van der Waals surface area contributed by atoms with Crippen molar-refractivity contribution in [3.05, 3.63) is 92.6 Å². The summed E-state index contributed by atoms with van der Waals surface area (Å²) in [5.74, 6) is -4.22. The van der Waals surface area contributed by atoms with Gasteiger partial charge in [-0.25, -0.2) is 4.90 Å². The van der Waals surface area contributed by atoms with Crippen molar-refractivity contribution in [2.24, 2.45) is 17.8 Å². The van der Waals surface area contributed by atoms with Crippen LogP contribution in [0.5, 0.6) is 11.5 Å². The van der Waals surface area contributed by atoms with Gasteiger partial charge in [-0.15, -0.1) is 0 Å². The molecule has 10 nitrogen and oxygen atoms in total. The molecule has 4 aliphatic rings. The van der Waals surface area contributed by atoms with E-state index in [-0.39, 0.29) is 47.3 Å². The second kappa shape index (κ2) is 9.11. The van der Waals surface area contributed by atoms with Crippen LogP contribution in [0.3, 0.4) is 0 Å². The first kappa shape index (κ1) is 25.4. The molecule has 1 fully saturated rings. The summed E-state index contributed by atoms with van der Waals surface area (Å²) in [5, 5.41) is 21.9. The molecule has 1 N–H and O–H groups in total. The fraction of sp³-hybridized carbons (Fsp3) is 0.267. The van der Waals surface area contributed by atoms with Gasteiger partial charge in [0.1, 0.15) is 0 Å². The summed E-state index contributed by atoms with van der Waals surface area (Å²) in [4.78, 5) is 65.9. The lowest BCUT2D eigenvalue weighted by Gasteiger charge is -2.42. The van der Waals surface area contributed by atoms with E-state index < -0.39 is 40.4 Å². The van der Waals surface area contributed by atoms with Crippen LogP contribution in [0, 0.1) is 27.9 Å². The number of carbonyl (C=O) groups is 4. The number of amides is 2. The Labute approximate surface area is 228 Å². The number of Topliss-reactive ketones (excluding diaryl/α,β-unsaturated/α-hetero) is 1. The summed E-state index contributed by atoms with van der Waals surface area (Å²) >= 11 is 0. The quantitative estimate of drug-likeness (QED) is 0.202. The standard InChI is InChI=1S/C30H24N2O8/c1-14-10-22(33)21-13-20-18(25(27(21)28(14)35)15-6-9-24(40-2)23(34)11-15)7-8-19-26(20)30(37)31(29(19)36)16-4-3-5-17(12-16)32(38)39/h3-7,9-12,19-20,25-26,34H,8,13H2,1-2H3/t19-,20+,25-,26-/m0/s1. The normalized spacial score (nSPS) is 25.7. The number of phenols is 1. The molecule has 10 heteroatoms. The molecule has 0 aromatic heterocycles. The Morgan fingerprint density at radius 3 is 2.52 bits per heavy atom. The van der Waals surface area contributed by atoms with E-state index in [1.54, 1.807) is 19.1 Å². The van der Waals surface area contributed by atoms with Crippen LogP contribution in [0.1, 0.15) is 31.2 Å².